The highest BCUT2D eigenvalue weighted by molar-refractivity contribution is 7.85. The number of rotatable bonds is 5. The Hall–Kier alpha value is 0.110. The van der Waals surface area contributed by atoms with Crippen LogP contribution in [-0.4, -0.2) is 21.3 Å². The van der Waals surface area contributed by atoms with Crippen LogP contribution >= 0.6 is 0 Å². The van der Waals surface area contributed by atoms with Gasteiger partial charge in [0.2, 0.25) is 0 Å². The Kier molecular flexibility index (Phi) is 5.45. The highest BCUT2D eigenvalue weighted by atomic mass is 32.2. The standard InChI is InChI=1S/C13H27NOS/c1-4-5-6-9-16(15)12-10-13(2,3)8-7-11(12)14/h11-12H,4-10,14H2,1-3H3. The maximum Gasteiger partial charge on any atom is 0.0504 e. The summed E-state index contributed by atoms with van der Waals surface area (Å²) in [6, 6.07) is 0.162. The van der Waals surface area contributed by atoms with Crippen LogP contribution in [0.1, 0.15) is 59.3 Å². The Morgan fingerprint density at radius 1 is 1.38 bits per heavy atom. The quantitative estimate of drug-likeness (QED) is 0.757. The third-order valence-electron chi connectivity index (χ3n) is 3.67. The Bertz CT molecular complexity index is 240. The second kappa shape index (κ2) is 6.15. The van der Waals surface area contributed by atoms with Gasteiger partial charge in [0.1, 0.15) is 0 Å². The van der Waals surface area contributed by atoms with E-state index in [9.17, 15) is 4.21 Å². The van der Waals surface area contributed by atoms with Crippen molar-refractivity contribution in [1.29, 1.82) is 0 Å². The van der Waals surface area contributed by atoms with Crippen LogP contribution in [0.25, 0.3) is 0 Å². The van der Waals surface area contributed by atoms with E-state index in [1.54, 1.807) is 0 Å². The van der Waals surface area contributed by atoms with Crippen molar-refractivity contribution in [3.05, 3.63) is 0 Å². The number of unbranched alkanes of at least 4 members (excludes halogenated alkanes) is 2. The maximum atomic E-state index is 12.2. The molecule has 0 heterocycles. The Morgan fingerprint density at radius 3 is 2.69 bits per heavy atom. The Balaban J connectivity index is 2.46. The molecule has 2 N–H and O–H groups in total. The smallest absolute Gasteiger partial charge is 0.0504 e. The third kappa shape index (κ3) is 4.17. The van der Waals surface area contributed by atoms with Crippen LogP contribution in [0, 0.1) is 5.41 Å². The third-order valence-corrected chi connectivity index (χ3v) is 5.56. The van der Waals surface area contributed by atoms with E-state index in [0.717, 1.165) is 25.0 Å². The minimum Gasteiger partial charge on any atom is -0.327 e. The van der Waals surface area contributed by atoms with Gasteiger partial charge in [0.25, 0.3) is 0 Å². The second-order valence-electron chi connectivity index (χ2n) is 5.90. The lowest BCUT2D eigenvalue weighted by Gasteiger charge is -2.38. The normalized spacial score (nSPS) is 31.2. The summed E-state index contributed by atoms with van der Waals surface area (Å²) in [5.41, 5.74) is 6.45. The van der Waals surface area contributed by atoms with Gasteiger partial charge in [-0.2, -0.15) is 0 Å². The van der Waals surface area contributed by atoms with Crippen molar-refractivity contribution in [3.8, 4) is 0 Å². The minimum absolute atomic E-state index is 0.162. The molecule has 3 unspecified atom stereocenters. The fraction of sp³-hybridized carbons (Fsp3) is 1.00. The maximum absolute atomic E-state index is 12.2. The van der Waals surface area contributed by atoms with Gasteiger partial charge in [0, 0.05) is 22.6 Å². The fourth-order valence-electron chi connectivity index (χ4n) is 2.47. The topological polar surface area (TPSA) is 43.1 Å². The lowest BCUT2D eigenvalue weighted by Crippen LogP contribution is -2.45. The molecule has 1 saturated carbocycles. The average molecular weight is 245 g/mol. The lowest BCUT2D eigenvalue weighted by molar-refractivity contribution is 0.230. The first-order valence-electron chi connectivity index (χ1n) is 6.59. The predicted molar refractivity (Wildman–Crippen MR) is 71.9 cm³/mol. The molecule has 2 nitrogen and oxygen atoms in total. The first-order valence-corrected chi connectivity index (χ1v) is 7.97. The molecule has 96 valence electrons. The fourth-order valence-corrected chi connectivity index (χ4v) is 4.43. The first-order chi connectivity index (χ1) is 7.46. The van der Waals surface area contributed by atoms with Gasteiger partial charge in [0.15, 0.2) is 0 Å². The number of nitrogens with two attached hydrogens (primary N) is 1. The molecular formula is C13H27NOS. The van der Waals surface area contributed by atoms with E-state index >= 15 is 0 Å². The SMILES string of the molecule is CCCCCS(=O)C1CC(C)(C)CCC1N. The highest BCUT2D eigenvalue weighted by Crippen LogP contribution is 2.36. The van der Waals surface area contributed by atoms with E-state index < -0.39 is 10.8 Å². The van der Waals surface area contributed by atoms with Crippen LogP contribution in [0.5, 0.6) is 0 Å². The number of hydrogen-bond donors (Lipinski definition) is 1. The van der Waals surface area contributed by atoms with Crippen molar-refractivity contribution >= 4 is 10.8 Å². The van der Waals surface area contributed by atoms with E-state index in [1.807, 2.05) is 0 Å². The van der Waals surface area contributed by atoms with Gasteiger partial charge in [-0.3, -0.25) is 4.21 Å². The van der Waals surface area contributed by atoms with Gasteiger partial charge in [-0.15, -0.1) is 0 Å². The summed E-state index contributed by atoms with van der Waals surface area (Å²) in [6.07, 6.45) is 6.73. The van der Waals surface area contributed by atoms with Crippen LogP contribution in [0.2, 0.25) is 0 Å². The van der Waals surface area contributed by atoms with Crippen molar-refractivity contribution < 1.29 is 4.21 Å². The predicted octanol–water partition coefficient (Wildman–Crippen LogP) is 2.83. The molecule has 0 bridgehead atoms. The molecule has 0 aliphatic heterocycles. The second-order valence-corrected chi connectivity index (χ2v) is 7.68. The van der Waals surface area contributed by atoms with Crippen molar-refractivity contribution in [1.82, 2.24) is 0 Å². The molecule has 0 aromatic rings. The summed E-state index contributed by atoms with van der Waals surface area (Å²) < 4.78 is 12.2. The summed E-state index contributed by atoms with van der Waals surface area (Å²) in [5, 5.41) is 0.237. The molecule has 1 aliphatic carbocycles. The van der Waals surface area contributed by atoms with Crippen LogP contribution in [0.4, 0.5) is 0 Å². The zero-order chi connectivity index (χ0) is 12.2. The van der Waals surface area contributed by atoms with Gasteiger partial charge in [-0.1, -0.05) is 33.6 Å². The van der Waals surface area contributed by atoms with Gasteiger partial charge >= 0.3 is 0 Å². The summed E-state index contributed by atoms with van der Waals surface area (Å²) in [7, 11) is -0.710. The average Bonchev–Trinajstić information content (AvgIpc) is 2.22. The Morgan fingerprint density at radius 2 is 2.06 bits per heavy atom. The van der Waals surface area contributed by atoms with Crippen LogP contribution < -0.4 is 5.73 Å². The molecule has 16 heavy (non-hydrogen) atoms. The highest BCUT2D eigenvalue weighted by Gasteiger charge is 2.35. The van der Waals surface area contributed by atoms with Crippen molar-refractivity contribution in [2.45, 2.75) is 70.6 Å². The van der Waals surface area contributed by atoms with Crippen LogP contribution in [-0.2, 0) is 10.8 Å². The molecule has 1 fully saturated rings. The largest absolute Gasteiger partial charge is 0.327 e. The van der Waals surface area contributed by atoms with E-state index in [1.165, 1.54) is 19.3 Å². The van der Waals surface area contributed by atoms with E-state index in [0.29, 0.717) is 5.41 Å². The van der Waals surface area contributed by atoms with Gasteiger partial charge in [-0.05, 0) is 31.1 Å². The molecule has 0 aromatic carbocycles. The summed E-state index contributed by atoms with van der Waals surface area (Å²) in [6.45, 7) is 6.72. The molecule has 0 aromatic heterocycles. The van der Waals surface area contributed by atoms with E-state index in [4.69, 9.17) is 5.73 Å². The Labute approximate surface area is 103 Å². The van der Waals surface area contributed by atoms with Crippen LogP contribution in [0.3, 0.4) is 0 Å². The summed E-state index contributed by atoms with van der Waals surface area (Å²) >= 11 is 0. The minimum atomic E-state index is -0.710. The van der Waals surface area contributed by atoms with Crippen LogP contribution in [0.15, 0.2) is 0 Å². The lowest BCUT2D eigenvalue weighted by atomic mass is 9.75. The molecule has 0 amide bonds. The molecular weight excluding hydrogens is 218 g/mol. The molecule has 0 spiro atoms. The van der Waals surface area contributed by atoms with Gasteiger partial charge < -0.3 is 5.73 Å². The molecule has 1 rings (SSSR count). The first kappa shape index (κ1) is 14.2. The van der Waals surface area contributed by atoms with E-state index in [-0.39, 0.29) is 11.3 Å². The molecule has 1 aliphatic rings. The molecule has 3 atom stereocenters. The molecule has 0 saturated heterocycles. The zero-order valence-corrected chi connectivity index (χ0v) is 11.8. The van der Waals surface area contributed by atoms with Gasteiger partial charge in [0.05, 0.1) is 5.25 Å². The van der Waals surface area contributed by atoms with E-state index in [2.05, 4.69) is 20.8 Å². The number of hydrogen-bond acceptors (Lipinski definition) is 2. The van der Waals surface area contributed by atoms with Gasteiger partial charge in [-0.25, -0.2) is 0 Å². The molecule has 0 radical (unpaired) electrons. The van der Waals surface area contributed by atoms with Crippen molar-refractivity contribution in [3.63, 3.8) is 0 Å². The zero-order valence-electron chi connectivity index (χ0n) is 11.0. The summed E-state index contributed by atoms with van der Waals surface area (Å²) in [4.78, 5) is 0. The van der Waals surface area contributed by atoms with Crippen molar-refractivity contribution in [2.75, 3.05) is 5.75 Å². The van der Waals surface area contributed by atoms with Crippen molar-refractivity contribution in [2.24, 2.45) is 11.1 Å². The monoisotopic (exact) mass is 245 g/mol. The molecule has 3 heteroatoms. The summed E-state index contributed by atoms with van der Waals surface area (Å²) in [5.74, 6) is 0.849.